The first kappa shape index (κ1) is 20.4. The first-order valence-electron chi connectivity index (χ1n) is 8.72. The van der Waals surface area contributed by atoms with Crippen LogP contribution in [0.4, 0.5) is 5.95 Å². The van der Waals surface area contributed by atoms with Crippen molar-refractivity contribution in [2.75, 3.05) is 11.9 Å². The van der Waals surface area contributed by atoms with Crippen molar-refractivity contribution in [1.29, 1.82) is 0 Å². The number of hydrogen-bond acceptors (Lipinski definition) is 5. The van der Waals surface area contributed by atoms with E-state index in [-0.39, 0.29) is 18.3 Å². The zero-order valence-electron chi connectivity index (χ0n) is 15.7. The van der Waals surface area contributed by atoms with E-state index in [1.807, 2.05) is 13.0 Å². The molecule has 2 aromatic heterocycles. The van der Waals surface area contributed by atoms with Gasteiger partial charge in [0, 0.05) is 26.7 Å². The first-order chi connectivity index (χ1) is 13.2. The lowest BCUT2D eigenvalue weighted by Crippen LogP contribution is -2.37. The highest BCUT2D eigenvalue weighted by Crippen LogP contribution is 2.25. The predicted molar refractivity (Wildman–Crippen MR) is 111 cm³/mol. The SMILES string of the molecule is CC(CCO)Nc1nc2c(c(=O)n(C)c(=O)n2C)n1Cc1ccc(Cl)c(Cl)c1. The molecule has 2 N–H and O–H groups in total. The summed E-state index contributed by atoms with van der Waals surface area (Å²) in [4.78, 5) is 29.6. The summed E-state index contributed by atoms with van der Waals surface area (Å²) in [5.74, 6) is 0.431. The normalized spacial score (nSPS) is 12.5. The van der Waals surface area contributed by atoms with Crippen LogP contribution in [-0.4, -0.2) is 36.4 Å². The molecule has 0 saturated carbocycles. The Morgan fingerprint density at radius 2 is 1.89 bits per heavy atom. The minimum Gasteiger partial charge on any atom is -0.396 e. The average molecular weight is 426 g/mol. The molecule has 1 atom stereocenters. The Morgan fingerprint density at radius 1 is 1.18 bits per heavy atom. The Hall–Kier alpha value is -2.29. The Balaban J connectivity index is 2.22. The van der Waals surface area contributed by atoms with Crippen molar-refractivity contribution in [1.82, 2.24) is 18.7 Å². The molecule has 8 nitrogen and oxygen atoms in total. The lowest BCUT2D eigenvalue weighted by atomic mass is 10.2. The van der Waals surface area contributed by atoms with Crippen LogP contribution in [0.5, 0.6) is 0 Å². The van der Waals surface area contributed by atoms with E-state index in [1.54, 1.807) is 23.7 Å². The van der Waals surface area contributed by atoms with Crippen LogP contribution in [0, 0.1) is 0 Å². The molecular formula is C18H21Cl2N5O3. The Labute approximate surface area is 170 Å². The second kappa shape index (κ2) is 7.98. The maximum absolute atomic E-state index is 12.8. The average Bonchev–Trinajstić information content (AvgIpc) is 2.99. The summed E-state index contributed by atoms with van der Waals surface area (Å²) in [6, 6.07) is 5.14. The number of fused-ring (bicyclic) bond motifs is 1. The van der Waals surface area contributed by atoms with Crippen LogP contribution in [0.15, 0.2) is 27.8 Å². The predicted octanol–water partition coefficient (Wildman–Crippen LogP) is 1.97. The molecule has 1 aromatic carbocycles. The van der Waals surface area contributed by atoms with Crippen molar-refractivity contribution in [3.8, 4) is 0 Å². The van der Waals surface area contributed by atoms with Crippen molar-refractivity contribution in [3.05, 3.63) is 54.6 Å². The van der Waals surface area contributed by atoms with Crippen LogP contribution in [0.1, 0.15) is 18.9 Å². The minimum absolute atomic E-state index is 0.0153. The van der Waals surface area contributed by atoms with Gasteiger partial charge in [0.05, 0.1) is 16.6 Å². The number of aliphatic hydroxyl groups is 1. The number of aromatic nitrogens is 4. The number of benzene rings is 1. The third-order valence-corrected chi connectivity index (χ3v) is 5.35. The van der Waals surface area contributed by atoms with E-state index in [0.717, 1.165) is 10.1 Å². The molecule has 2 heterocycles. The van der Waals surface area contributed by atoms with E-state index >= 15 is 0 Å². The Bertz CT molecular complexity index is 1150. The second-order valence-electron chi connectivity index (χ2n) is 6.71. The fraction of sp³-hybridized carbons (Fsp3) is 0.389. The number of nitrogens with one attached hydrogen (secondary N) is 1. The molecule has 150 valence electrons. The highest BCUT2D eigenvalue weighted by molar-refractivity contribution is 6.42. The summed E-state index contributed by atoms with van der Waals surface area (Å²) in [7, 11) is 3.00. The fourth-order valence-corrected chi connectivity index (χ4v) is 3.34. The van der Waals surface area contributed by atoms with Crippen molar-refractivity contribution in [2.45, 2.75) is 25.9 Å². The molecular weight excluding hydrogens is 405 g/mol. The zero-order valence-corrected chi connectivity index (χ0v) is 17.3. The first-order valence-corrected chi connectivity index (χ1v) is 9.47. The van der Waals surface area contributed by atoms with Crippen molar-refractivity contribution >= 4 is 40.3 Å². The third kappa shape index (κ3) is 3.67. The van der Waals surface area contributed by atoms with Gasteiger partial charge >= 0.3 is 5.69 Å². The minimum atomic E-state index is -0.452. The molecule has 3 aromatic rings. The summed E-state index contributed by atoms with van der Waals surface area (Å²) < 4.78 is 4.10. The van der Waals surface area contributed by atoms with Gasteiger partial charge in [-0.05, 0) is 31.0 Å². The van der Waals surface area contributed by atoms with Gasteiger partial charge < -0.3 is 10.4 Å². The molecule has 0 aliphatic heterocycles. The van der Waals surface area contributed by atoms with E-state index in [2.05, 4.69) is 10.3 Å². The van der Waals surface area contributed by atoms with Crippen molar-refractivity contribution < 1.29 is 5.11 Å². The van der Waals surface area contributed by atoms with Crippen molar-refractivity contribution in [3.63, 3.8) is 0 Å². The number of rotatable bonds is 6. The van der Waals surface area contributed by atoms with Gasteiger partial charge in [0.15, 0.2) is 11.2 Å². The number of imidazole rings is 1. The molecule has 3 rings (SSSR count). The number of anilines is 1. The number of halogens is 2. The molecule has 0 amide bonds. The molecule has 0 fully saturated rings. The molecule has 0 radical (unpaired) electrons. The summed E-state index contributed by atoms with van der Waals surface area (Å²) >= 11 is 12.1. The van der Waals surface area contributed by atoms with Crippen molar-refractivity contribution in [2.24, 2.45) is 14.1 Å². The van der Waals surface area contributed by atoms with Gasteiger partial charge in [0.1, 0.15) is 0 Å². The van der Waals surface area contributed by atoms with Gasteiger partial charge in [-0.25, -0.2) is 4.79 Å². The van der Waals surface area contributed by atoms with Crippen LogP contribution < -0.4 is 16.6 Å². The zero-order chi connectivity index (χ0) is 20.6. The molecule has 10 heteroatoms. The molecule has 0 bridgehead atoms. The van der Waals surface area contributed by atoms with E-state index in [9.17, 15) is 14.7 Å². The van der Waals surface area contributed by atoms with Crippen LogP contribution in [0.3, 0.4) is 0 Å². The fourth-order valence-electron chi connectivity index (χ4n) is 3.02. The van der Waals surface area contributed by atoms with Crippen LogP contribution >= 0.6 is 23.2 Å². The number of nitrogens with zero attached hydrogens (tertiary/aromatic N) is 4. The second-order valence-corrected chi connectivity index (χ2v) is 7.52. The van der Waals surface area contributed by atoms with Gasteiger partial charge in [-0.2, -0.15) is 4.98 Å². The van der Waals surface area contributed by atoms with Crippen LogP contribution in [-0.2, 0) is 20.6 Å². The maximum atomic E-state index is 12.8. The summed E-state index contributed by atoms with van der Waals surface area (Å²) in [5.41, 5.74) is 0.517. The Morgan fingerprint density at radius 3 is 2.54 bits per heavy atom. The Kier molecular flexibility index (Phi) is 5.83. The standard InChI is InChI=1S/C18H21Cl2N5O3/c1-10(6-7-26)21-17-22-15-14(16(27)24(3)18(28)23(15)2)25(17)9-11-4-5-12(19)13(20)8-11/h4-5,8,10,26H,6-7,9H2,1-3H3,(H,21,22). The van der Waals surface area contributed by atoms with E-state index in [4.69, 9.17) is 23.2 Å². The van der Waals surface area contributed by atoms with Gasteiger partial charge in [-0.15, -0.1) is 0 Å². The molecule has 0 aliphatic carbocycles. The number of aryl methyl sites for hydroxylation is 1. The summed E-state index contributed by atoms with van der Waals surface area (Å²) in [6.45, 7) is 2.21. The topological polar surface area (TPSA) is 94.1 Å². The monoisotopic (exact) mass is 425 g/mol. The number of aliphatic hydroxyl groups excluding tert-OH is 1. The van der Waals surface area contributed by atoms with Gasteiger partial charge in [-0.1, -0.05) is 29.3 Å². The van der Waals surface area contributed by atoms with E-state index < -0.39 is 11.2 Å². The quantitative estimate of drug-likeness (QED) is 0.629. The lowest BCUT2D eigenvalue weighted by molar-refractivity contribution is 0.282. The van der Waals surface area contributed by atoms with Crippen LogP contribution in [0.25, 0.3) is 11.2 Å². The third-order valence-electron chi connectivity index (χ3n) is 4.61. The van der Waals surface area contributed by atoms with Gasteiger partial charge in [-0.3, -0.25) is 18.5 Å². The maximum Gasteiger partial charge on any atom is 0.332 e. The molecule has 28 heavy (non-hydrogen) atoms. The summed E-state index contributed by atoms with van der Waals surface area (Å²) in [5, 5.41) is 13.2. The molecule has 0 saturated heterocycles. The van der Waals surface area contributed by atoms with E-state index in [1.165, 1.54) is 11.6 Å². The molecule has 1 unspecified atom stereocenters. The van der Waals surface area contributed by atoms with E-state index in [0.29, 0.717) is 34.5 Å². The highest BCUT2D eigenvalue weighted by Gasteiger charge is 2.20. The van der Waals surface area contributed by atoms with Crippen LogP contribution in [0.2, 0.25) is 10.0 Å². The smallest absolute Gasteiger partial charge is 0.332 e. The molecule has 0 aliphatic rings. The largest absolute Gasteiger partial charge is 0.396 e. The summed E-state index contributed by atoms with van der Waals surface area (Å²) in [6.07, 6.45) is 0.507. The highest BCUT2D eigenvalue weighted by atomic mass is 35.5. The van der Waals surface area contributed by atoms with Gasteiger partial charge in [0.2, 0.25) is 5.95 Å². The van der Waals surface area contributed by atoms with Gasteiger partial charge in [0.25, 0.3) is 5.56 Å². The molecule has 0 spiro atoms. The lowest BCUT2D eigenvalue weighted by Gasteiger charge is -2.15. The number of hydrogen-bond donors (Lipinski definition) is 2.